The molecule has 0 aliphatic rings. The molecule has 0 spiro atoms. The minimum atomic E-state index is -4.39. The van der Waals surface area contributed by atoms with Crippen LogP contribution in [0.2, 0.25) is 5.02 Å². The highest BCUT2D eigenvalue weighted by atomic mass is 35.5. The van der Waals surface area contributed by atoms with Crippen LogP contribution in [0.15, 0.2) is 18.2 Å². The first-order valence-corrected chi connectivity index (χ1v) is 5.71. The van der Waals surface area contributed by atoms with Crippen molar-refractivity contribution < 1.29 is 13.2 Å². The van der Waals surface area contributed by atoms with Gasteiger partial charge in [-0.3, -0.25) is 0 Å². The minimum absolute atomic E-state index is 0. The minimum Gasteiger partial charge on any atom is -0.324 e. The lowest BCUT2D eigenvalue weighted by Crippen LogP contribution is -2.14. The summed E-state index contributed by atoms with van der Waals surface area (Å²) in [7, 11) is 0. The summed E-state index contributed by atoms with van der Waals surface area (Å²) in [6.45, 7) is 3.93. The van der Waals surface area contributed by atoms with Crippen LogP contribution < -0.4 is 5.73 Å². The van der Waals surface area contributed by atoms with E-state index in [0.717, 1.165) is 12.1 Å². The second kappa shape index (κ2) is 6.64. The van der Waals surface area contributed by atoms with Crippen molar-refractivity contribution >= 4 is 24.0 Å². The number of rotatable bonds is 3. The Morgan fingerprint density at radius 1 is 1.22 bits per heavy atom. The van der Waals surface area contributed by atoms with Gasteiger partial charge in [-0.15, -0.1) is 12.4 Å². The first-order valence-electron chi connectivity index (χ1n) is 5.33. The van der Waals surface area contributed by atoms with Gasteiger partial charge in [0.15, 0.2) is 0 Å². The standard InChI is InChI=1S/C12H15ClF3N.ClH/c1-7(2)3-11(17)8-4-9(12(14,15)16)6-10(13)5-8;/h4-7,11H,3,17H2,1-2H3;1H/t11-;/m0./s1. The first kappa shape index (κ1) is 17.6. The van der Waals surface area contributed by atoms with E-state index in [9.17, 15) is 13.2 Å². The molecule has 0 saturated carbocycles. The average molecular weight is 302 g/mol. The molecule has 1 atom stereocenters. The summed E-state index contributed by atoms with van der Waals surface area (Å²) in [5.74, 6) is 0.318. The van der Waals surface area contributed by atoms with Gasteiger partial charge >= 0.3 is 6.18 Å². The van der Waals surface area contributed by atoms with Gasteiger partial charge < -0.3 is 5.73 Å². The summed E-state index contributed by atoms with van der Waals surface area (Å²) in [4.78, 5) is 0. The van der Waals surface area contributed by atoms with E-state index in [4.69, 9.17) is 17.3 Å². The number of halogens is 5. The molecule has 0 fully saturated rings. The van der Waals surface area contributed by atoms with E-state index in [1.165, 1.54) is 6.07 Å². The topological polar surface area (TPSA) is 26.0 Å². The van der Waals surface area contributed by atoms with Gasteiger partial charge in [0.1, 0.15) is 0 Å². The first-order chi connectivity index (χ1) is 7.70. The second-order valence-corrected chi connectivity index (χ2v) is 4.94. The van der Waals surface area contributed by atoms with Crippen molar-refractivity contribution in [2.75, 3.05) is 0 Å². The van der Waals surface area contributed by atoms with Crippen molar-refractivity contribution in [2.24, 2.45) is 11.7 Å². The van der Waals surface area contributed by atoms with Gasteiger partial charge in [-0.1, -0.05) is 25.4 Å². The Morgan fingerprint density at radius 2 is 1.78 bits per heavy atom. The van der Waals surface area contributed by atoms with Crippen LogP contribution in [-0.4, -0.2) is 0 Å². The molecule has 1 aromatic carbocycles. The predicted molar refractivity (Wildman–Crippen MR) is 70.1 cm³/mol. The predicted octanol–water partition coefficient (Wildman–Crippen LogP) is 4.83. The smallest absolute Gasteiger partial charge is 0.324 e. The van der Waals surface area contributed by atoms with E-state index in [0.29, 0.717) is 17.9 Å². The normalized spacial score (nSPS) is 13.3. The van der Waals surface area contributed by atoms with Gasteiger partial charge in [0.05, 0.1) is 5.56 Å². The highest BCUT2D eigenvalue weighted by Crippen LogP contribution is 2.33. The maximum absolute atomic E-state index is 12.6. The molecule has 0 radical (unpaired) electrons. The van der Waals surface area contributed by atoms with Crippen LogP contribution in [0.4, 0.5) is 13.2 Å². The summed E-state index contributed by atoms with van der Waals surface area (Å²) < 4.78 is 37.7. The number of alkyl halides is 3. The summed E-state index contributed by atoms with van der Waals surface area (Å²) >= 11 is 5.68. The summed E-state index contributed by atoms with van der Waals surface area (Å²) in [5.41, 5.74) is 5.53. The fourth-order valence-electron chi connectivity index (χ4n) is 1.63. The third-order valence-electron chi connectivity index (χ3n) is 2.40. The molecule has 1 aromatic rings. The van der Waals surface area contributed by atoms with E-state index in [2.05, 4.69) is 0 Å². The second-order valence-electron chi connectivity index (χ2n) is 4.51. The van der Waals surface area contributed by atoms with Gasteiger partial charge in [0.2, 0.25) is 0 Å². The molecule has 0 aliphatic carbocycles. The lowest BCUT2D eigenvalue weighted by atomic mass is 9.96. The Balaban J connectivity index is 0.00000289. The van der Waals surface area contributed by atoms with E-state index in [-0.39, 0.29) is 17.4 Å². The van der Waals surface area contributed by atoms with Crippen LogP contribution in [0.25, 0.3) is 0 Å². The van der Waals surface area contributed by atoms with Crippen molar-refractivity contribution in [3.05, 3.63) is 34.3 Å². The lowest BCUT2D eigenvalue weighted by molar-refractivity contribution is -0.137. The maximum atomic E-state index is 12.6. The van der Waals surface area contributed by atoms with Crippen molar-refractivity contribution in [3.8, 4) is 0 Å². The largest absolute Gasteiger partial charge is 0.416 e. The monoisotopic (exact) mass is 301 g/mol. The third kappa shape index (κ3) is 5.04. The summed E-state index contributed by atoms with van der Waals surface area (Å²) in [6.07, 6.45) is -3.77. The fourth-order valence-corrected chi connectivity index (χ4v) is 1.88. The van der Waals surface area contributed by atoms with E-state index in [1.54, 1.807) is 0 Å². The zero-order valence-corrected chi connectivity index (χ0v) is 11.7. The van der Waals surface area contributed by atoms with Crippen LogP contribution >= 0.6 is 24.0 Å². The van der Waals surface area contributed by atoms with Crippen LogP contribution in [-0.2, 0) is 6.18 Å². The Kier molecular flexibility index (Phi) is 6.47. The molecule has 0 amide bonds. The van der Waals surface area contributed by atoms with Crippen molar-refractivity contribution in [1.29, 1.82) is 0 Å². The van der Waals surface area contributed by atoms with Crippen LogP contribution in [0, 0.1) is 5.92 Å². The molecule has 6 heteroatoms. The van der Waals surface area contributed by atoms with E-state index < -0.39 is 17.8 Å². The quantitative estimate of drug-likeness (QED) is 0.850. The molecule has 1 rings (SSSR count). The Hall–Kier alpha value is -0.450. The Morgan fingerprint density at radius 3 is 2.22 bits per heavy atom. The number of hydrogen-bond donors (Lipinski definition) is 1. The molecular weight excluding hydrogens is 286 g/mol. The fraction of sp³-hybridized carbons (Fsp3) is 0.500. The van der Waals surface area contributed by atoms with Crippen molar-refractivity contribution in [2.45, 2.75) is 32.5 Å². The Bertz CT molecular complexity index is 391. The molecule has 2 N–H and O–H groups in total. The lowest BCUT2D eigenvalue weighted by Gasteiger charge is -2.17. The van der Waals surface area contributed by atoms with E-state index in [1.807, 2.05) is 13.8 Å². The zero-order valence-electron chi connectivity index (χ0n) is 10.1. The maximum Gasteiger partial charge on any atom is 0.416 e. The van der Waals surface area contributed by atoms with Gasteiger partial charge in [-0.25, -0.2) is 0 Å². The molecule has 0 aromatic heterocycles. The molecule has 0 heterocycles. The van der Waals surface area contributed by atoms with Crippen molar-refractivity contribution in [3.63, 3.8) is 0 Å². The van der Waals surface area contributed by atoms with Crippen molar-refractivity contribution in [1.82, 2.24) is 0 Å². The molecule has 0 aliphatic heterocycles. The molecule has 104 valence electrons. The van der Waals surface area contributed by atoms with Gasteiger partial charge in [-0.05, 0) is 36.1 Å². The number of nitrogens with two attached hydrogens (primary N) is 1. The van der Waals surface area contributed by atoms with Gasteiger partial charge in [0.25, 0.3) is 0 Å². The highest BCUT2D eigenvalue weighted by Gasteiger charge is 2.31. The van der Waals surface area contributed by atoms with Crippen LogP contribution in [0.1, 0.15) is 37.4 Å². The molecule has 0 unspecified atom stereocenters. The Labute approximate surface area is 116 Å². The molecule has 18 heavy (non-hydrogen) atoms. The van der Waals surface area contributed by atoms with Crippen LogP contribution in [0.5, 0.6) is 0 Å². The molecule has 0 bridgehead atoms. The summed E-state index contributed by atoms with van der Waals surface area (Å²) in [5, 5.41) is 0.0639. The number of hydrogen-bond acceptors (Lipinski definition) is 1. The number of benzene rings is 1. The van der Waals surface area contributed by atoms with E-state index >= 15 is 0 Å². The van der Waals surface area contributed by atoms with Gasteiger partial charge in [0, 0.05) is 11.1 Å². The highest BCUT2D eigenvalue weighted by molar-refractivity contribution is 6.30. The average Bonchev–Trinajstić information content (AvgIpc) is 2.14. The third-order valence-corrected chi connectivity index (χ3v) is 2.62. The zero-order chi connectivity index (χ0) is 13.2. The molecule has 1 nitrogen and oxygen atoms in total. The SMILES string of the molecule is CC(C)C[C@H](N)c1cc(Cl)cc(C(F)(F)F)c1.Cl. The van der Waals surface area contributed by atoms with Crippen LogP contribution in [0.3, 0.4) is 0 Å². The molecular formula is C12H16Cl2F3N. The van der Waals surface area contributed by atoms with Gasteiger partial charge in [-0.2, -0.15) is 13.2 Å². The molecule has 0 saturated heterocycles. The summed E-state index contributed by atoms with van der Waals surface area (Å²) in [6, 6.07) is 3.05.